The molecule has 9 rings (SSSR count). The summed E-state index contributed by atoms with van der Waals surface area (Å²) in [5.74, 6) is -1.51. The number of aromatic nitrogens is 2. The lowest BCUT2D eigenvalue weighted by atomic mass is 9.84. The molecule has 6 bridgehead atoms. The van der Waals surface area contributed by atoms with Gasteiger partial charge in [0.05, 0.1) is 41.9 Å². The number of pyridine rings is 1. The number of nitrogens with one attached hydrogen (secondary N) is 2. The predicted octanol–water partition coefficient (Wildman–Crippen LogP) is 7.52. The average Bonchev–Trinajstić information content (AvgIpc) is 4.21. The van der Waals surface area contributed by atoms with Crippen LogP contribution in [0.15, 0.2) is 79.0 Å². The Bertz CT molecular complexity index is 2820. The Kier molecular flexibility index (Phi) is 15.7. The number of hydrazine groups is 1. The van der Waals surface area contributed by atoms with Gasteiger partial charge in [-0.25, -0.2) is 5.43 Å². The van der Waals surface area contributed by atoms with Crippen LogP contribution in [0.4, 0.5) is 5.69 Å². The smallest absolute Gasteiger partial charge is 0.324 e. The Morgan fingerprint density at radius 1 is 0.945 bits per heavy atom. The molecule has 0 unspecified atom stereocenters. The Morgan fingerprint density at radius 3 is 2.41 bits per heavy atom. The summed E-state index contributed by atoms with van der Waals surface area (Å²) in [5, 5.41) is 5.55. The normalized spacial score (nSPS) is 20.6. The van der Waals surface area contributed by atoms with Gasteiger partial charge in [0.2, 0.25) is 5.91 Å². The van der Waals surface area contributed by atoms with Gasteiger partial charge in [0.25, 0.3) is 5.91 Å². The number of hydrogen-bond acceptors (Lipinski definition) is 12. The van der Waals surface area contributed by atoms with Gasteiger partial charge < -0.3 is 34.7 Å². The minimum absolute atomic E-state index is 0.0767. The van der Waals surface area contributed by atoms with Crippen LogP contribution in [0.2, 0.25) is 0 Å². The lowest BCUT2D eigenvalue weighted by Crippen LogP contribution is -2.61. The first kappa shape index (κ1) is 51.8. The molecule has 15 nitrogen and oxygen atoms in total. The summed E-state index contributed by atoms with van der Waals surface area (Å²) in [7, 11) is 1.72. The number of methoxy groups -OCH3 is 1. The fourth-order valence-electron chi connectivity index (χ4n) is 10.9. The van der Waals surface area contributed by atoms with Crippen LogP contribution < -0.4 is 26.1 Å². The van der Waals surface area contributed by atoms with Gasteiger partial charge in [0.1, 0.15) is 17.8 Å². The fourth-order valence-corrected chi connectivity index (χ4v) is 10.9. The highest BCUT2D eigenvalue weighted by Crippen LogP contribution is 2.43. The predicted molar refractivity (Wildman–Crippen MR) is 284 cm³/mol. The molecule has 5 heterocycles. The number of rotatable bonds is 14. The first-order valence-corrected chi connectivity index (χ1v) is 26.4. The molecule has 1 aliphatic carbocycles. The molecular weight excluding hydrogens is 921 g/mol. The van der Waals surface area contributed by atoms with Gasteiger partial charge in [-0.05, 0) is 104 Å². The Hall–Kier alpha value is -6.13. The lowest BCUT2D eigenvalue weighted by molar-refractivity contribution is -0.155. The first-order chi connectivity index (χ1) is 35.1. The minimum Gasteiger partial charge on any atom is -0.485 e. The van der Waals surface area contributed by atoms with Crippen LogP contribution in [-0.2, 0) is 43.2 Å². The Balaban J connectivity index is 1.21. The Labute approximate surface area is 430 Å². The van der Waals surface area contributed by atoms with Gasteiger partial charge in [-0.2, -0.15) is 0 Å². The van der Waals surface area contributed by atoms with E-state index >= 15 is 0 Å². The largest absolute Gasteiger partial charge is 0.485 e. The van der Waals surface area contributed by atoms with Crippen LogP contribution in [0.1, 0.15) is 101 Å². The van der Waals surface area contributed by atoms with Gasteiger partial charge in [-0.1, -0.05) is 70.2 Å². The second-order valence-corrected chi connectivity index (χ2v) is 21.6. The number of ketones is 1. The van der Waals surface area contributed by atoms with Crippen molar-refractivity contribution >= 4 is 40.2 Å². The highest BCUT2D eigenvalue weighted by atomic mass is 16.5. The maximum Gasteiger partial charge on any atom is 0.324 e. The minimum atomic E-state index is -1.04. The molecule has 2 aromatic heterocycles. The van der Waals surface area contributed by atoms with Gasteiger partial charge >= 0.3 is 5.97 Å². The van der Waals surface area contributed by atoms with Crippen molar-refractivity contribution in [2.75, 3.05) is 64.5 Å². The maximum atomic E-state index is 14.8. The molecule has 2 saturated heterocycles. The molecule has 0 spiro atoms. The number of aryl methyl sites for hydroxylation is 1. The number of nitrogens with zero attached hydrogens (tertiary/aromatic N) is 5. The van der Waals surface area contributed by atoms with Crippen molar-refractivity contribution in [1.82, 2.24) is 30.2 Å². The molecule has 4 aliphatic rings. The number of ether oxygens (including phenoxy) is 3. The monoisotopic (exact) mass is 995 g/mol. The van der Waals surface area contributed by atoms with Crippen molar-refractivity contribution in [3.05, 3.63) is 101 Å². The standard InChI is InChI=1S/C58H74N8O7/c1-8-65-51-19-16-40-29-45(51)47(54(65)46-30-43(33-60-53(46)37(4)71-7)64-23-21-63(22-24-64)42-17-18-42)31-58(5,6)35-73-57(70)49-15-12-20-66(62-49)56(69)50(61-55(68)48(32-59)36(2)3)27-38-25-41(40)28-44(26-38)72-34-52(67)39-13-10-9-11-14-39/h9-11,13-14,16,19,25-26,28-30,33,36-37,42,48-50,62H,8,12,15,17-18,20-24,27,31-32,34-35,59H2,1-7H3,(H,61,68)/t37-,48-,49-,50-/m0/s1. The number of carbonyl (C=O) groups is 4. The van der Waals surface area contributed by atoms with Crippen LogP contribution in [0, 0.1) is 17.3 Å². The van der Waals surface area contributed by atoms with E-state index in [0.717, 1.165) is 82.5 Å². The number of anilines is 1. The highest BCUT2D eigenvalue weighted by molar-refractivity contribution is 5.98. The number of fused-ring (bicyclic) bond motifs is 6. The second kappa shape index (κ2) is 22.1. The van der Waals surface area contributed by atoms with Crippen LogP contribution in [0.25, 0.3) is 33.3 Å². The topological polar surface area (TPSA) is 174 Å². The van der Waals surface area contributed by atoms with Gasteiger partial charge in [-0.3, -0.25) is 34.1 Å². The number of benzene rings is 3. The van der Waals surface area contributed by atoms with Gasteiger partial charge in [-0.15, -0.1) is 0 Å². The highest BCUT2D eigenvalue weighted by Gasteiger charge is 2.37. The number of piperazine rings is 1. The number of amides is 2. The van der Waals surface area contributed by atoms with E-state index in [9.17, 15) is 19.2 Å². The second-order valence-electron chi connectivity index (χ2n) is 21.6. The summed E-state index contributed by atoms with van der Waals surface area (Å²) in [6.07, 6.45) is 5.94. The van der Waals surface area contributed by atoms with E-state index < -0.39 is 29.4 Å². The number of Topliss-reactive ketones (excluding diaryl/α,β-unsaturated/α-hetero) is 1. The van der Waals surface area contributed by atoms with Gasteiger partial charge in [0.15, 0.2) is 12.4 Å². The number of hydrogen-bond donors (Lipinski definition) is 3. The summed E-state index contributed by atoms with van der Waals surface area (Å²) in [4.78, 5) is 66.6. The Morgan fingerprint density at radius 2 is 1.71 bits per heavy atom. The quantitative estimate of drug-likeness (QED) is 0.0739. The lowest BCUT2D eigenvalue weighted by Gasteiger charge is -2.36. The molecule has 15 heteroatoms. The van der Waals surface area contributed by atoms with Crippen molar-refractivity contribution in [3.63, 3.8) is 0 Å². The van der Waals surface area contributed by atoms with Crippen LogP contribution in [-0.4, -0.2) is 121 Å². The van der Waals surface area contributed by atoms with Crippen molar-refractivity contribution < 1.29 is 33.4 Å². The molecule has 73 heavy (non-hydrogen) atoms. The first-order valence-electron chi connectivity index (χ1n) is 26.4. The number of cyclic esters (lactones) is 1. The summed E-state index contributed by atoms with van der Waals surface area (Å²) in [6, 6.07) is 22.5. The van der Waals surface area contributed by atoms with E-state index in [1.807, 2.05) is 63.4 Å². The van der Waals surface area contributed by atoms with Crippen LogP contribution in [0.3, 0.4) is 0 Å². The third-order valence-electron chi connectivity index (χ3n) is 15.3. The van der Waals surface area contributed by atoms with Crippen LogP contribution >= 0.6 is 0 Å². The average molecular weight is 995 g/mol. The molecular formula is C58H74N8O7. The molecule has 2 amide bonds. The van der Waals surface area contributed by atoms with E-state index in [0.29, 0.717) is 49.2 Å². The van der Waals surface area contributed by atoms with Crippen molar-refractivity contribution in [1.29, 1.82) is 0 Å². The van der Waals surface area contributed by atoms with Gasteiger partial charge in [0, 0.05) is 92.8 Å². The number of esters is 1. The van der Waals surface area contributed by atoms with Crippen molar-refractivity contribution in [2.45, 2.75) is 111 Å². The number of carbonyl (C=O) groups excluding carboxylic acids is 4. The zero-order valence-electron chi connectivity index (χ0n) is 43.7. The fraction of sp³-hybridized carbons (Fsp3) is 0.500. The summed E-state index contributed by atoms with van der Waals surface area (Å²) in [5.41, 5.74) is 17.8. The summed E-state index contributed by atoms with van der Waals surface area (Å²) >= 11 is 0. The molecule has 388 valence electrons. The SMILES string of the molecule is CCn1c(-c2cc(N3CCN(C4CC4)CC3)cnc2[C@H](C)OC)c2c3cc(ccc31)-c1cc(cc(OCC(=O)c3ccccc3)c1)C[C@H](NC(=O)[C@@H](CN)C(C)C)C(=O)N1CCC[C@H](N1)C(=O)OCC(C)(C)C2. The van der Waals surface area contributed by atoms with Crippen molar-refractivity contribution in [3.8, 4) is 28.1 Å². The molecule has 4 N–H and O–H groups in total. The molecule has 4 atom stereocenters. The van der Waals surface area contributed by atoms with E-state index in [-0.39, 0.29) is 55.8 Å². The van der Waals surface area contributed by atoms with E-state index in [2.05, 4.69) is 70.1 Å². The molecule has 3 aliphatic heterocycles. The van der Waals surface area contributed by atoms with E-state index in [1.54, 1.807) is 19.2 Å². The maximum absolute atomic E-state index is 14.8. The van der Waals surface area contributed by atoms with E-state index in [4.69, 9.17) is 24.9 Å². The zero-order valence-corrected chi connectivity index (χ0v) is 43.7. The number of nitrogens with two attached hydrogens (primary N) is 1. The third kappa shape index (κ3) is 11.5. The summed E-state index contributed by atoms with van der Waals surface area (Å²) in [6.45, 7) is 17.2. The molecule has 3 aromatic carbocycles. The molecule has 5 aromatic rings. The molecule has 0 radical (unpaired) electrons. The summed E-state index contributed by atoms with van der Waals surface area (Å²) < 4.78 is 21.0. The zero-order chi connectivity index (χ0) is 51.6. The third-order valence-corrected chi connectivity index (χ3v) is 15.3. The molecule has 3 fully saturated rings. The van der Waals surface area contributed by atoms with Crippen molar-refractivity contribution in [2.24, 2.45) is 23.0 Å². The van der Waals surface area contributed by atoms with E-state index in [1.165, 1.54) is 17.9 Å². The molecule has 1 saturated carbocycles. The van der Waals surface area contributed by atoms with Crippen LogP contribution in [0.5, 0.6) is 5.75 Å².